The fraction of sp³-hybridized carbons (Fsp3) is 0.556. The number of aromatic nitrogens is 1. The van der Waals surface area contributed by atoms with E-state index >= 15 is 0 Å². The van der Waals surface area contributed by atoms with E-state index in [-0.39, 0.29) is 12.6 Å². The molecule has 4 N–H and O–H groups in total. The monoisotopic (exact) mass is 183 g/mol. The topological polar surface area (TPSA) is 65.3 Å². The number of aliphatic hydroxyl groups excluding tert-OH is 1. The van der Waals surface area contributed by atoms with Gasteiger partial charge in [0.15, 0.2) is 0 Å². The molecular weight excluding hydrogens is 166 g/mol. The molecule has 4 heteroatoms. The normalized spacial score (nSPS) is 13.5. The third kappa shape index (κ3) is 3.59. The molecule has 0 aliphatic carbocycles. The summed E-state index contributed by atoms with van der Waals surface area (Å²) in [5.41, 5.74) is 6.83. The van der Waals surface area contributed by atoms with Crippen molar-refractivity contribution in [1.29, 1.82) is 0 Å². The van der Waals surface area contributed by atoms with Gasteiger partial charge in [0.25, 0.3) is 0 Å². The van der Waals surface area contributed by atoms with Crippen LogP contribution >= 0.6 is 0 Å². The molecular formula is C9H17N3O. The maximum atomic E-state index is 8.75. The lowest BCUT2D eigenvalue weighted by atomic mass is 10.2. The average molecular weight is 183 g/mol. The Kier molecular flexibility index (Phi) is 3.95. The molecule has 0 aliphatic rings. The third-order valence-corrected chi connectivity index (χ3v) is 1.90. The number of nitrogens with zero attached hydrogens (tertiary/aromatic N) is 1. The van der Waals surface area contributed by atoms with E-state index in [9.17, 15) is 0 Å². The van der Waals surface area contributed by atoms with Crippen molar-refractivity contribution in [2.45, 2.75) is 12.6 Å². The minimum Gasteiger partial charge on any atom is -0.395 e. The molecule has 74 valence electrons. The van der Waals surface area contributed by atoms with Crippen LogP contribution in [0.4, 0.5) is 0 Å². The molecule has 1 unspecified atom stereocenters. The highest BCUT2D eigenvalue weighted by Crippen LogP contribution is 2.01. The minimum atomic E-state index is -0.149. The first-order chi connectivity index (χ1) is 6.22. The molecule has 1 atom stereocenters. The Balaban J connectivity index is 2.29. The Morgan fingerprint density at radius 2 is 2.46 bits per heavy atom. The number of nitrogens with two attached hydrogens (primary N) is 1. The van der Waals surface area contributed by atoms with Gasteiger partial charge >= 0.3 is 0 Å². The summed E-state index contributed by atoms with van der Waals surface area (Å²) in [5.74, 6) is 0. The smallest absolute Gasteiger partial charge is 0.0595 e. The number of likely N-dealkylation sites (N-methyl/N-ethyl adjacent to an activating group) is 1. The van der Waals surface area contributed by atoms with Crippen LogP contribution in [0.2, 0.25) is 0 Å². The van der Waals surface area contributed by atoms with Gasteiger partial charge in [0, 0.05) is 31.5 Å². The molecule has 0 aromatic carbocycles. The molecule has 0 saturated heterocycles. The number of aliphatic hydroxyl groups is 1. The zero-order valence-electron chi connectivity index (χ0n) is 7.90. The lowest BCUT2D eigenvalue weighted by molar-refractivity contribution is 0.218. The van der Waals surface area contributed by atoms with Gasteiger partial charge in [0.1, 0.15) is 0 Å². The van der Waals surface area contributed by atoms with Gasteiger partial charge in [-0.1, -0.05) is 0 Å². The highest BCUT2D eigenvalue weighted by atomic mass is 16.3. The van der Waals surface area contributed by atoms with Gasteiger partial charge in [0.05, 0.1) is 6.61 Å². The Morgan fingerprint density at radius 3 is 3.00 bits per heavy atom. The molecule has 0 bridgehead atoms. The molecule has 1 rings (SSSR count). The Morgan fingerprint density at radius 1 is 1.69 bits per heavy atom. The lowest BCUT2D eigenvalue weighted by Crippen LogP contribution is -2.37. The van der Waals surface area contributed by atoms with Crippen molar-refractivity contribution in [2.24, 2.45) is 5.73 Å². The van der Waals surface area contributed by atoms with Crippen LogP contribution in [0.3, 0.4) is 0 Å². The maximum absolute atomic E-state index is 8.75. The first kappa shape index (κ1) is 10.2. The number of aromatic amines is 1. The second-order valence-electron chi connectivity index (χ2n) is 3.36. The zero-order chi connectivity index (χ0) is 9.68. The predicted octanol–water partition coefficient (Wildman–Crippen LogP) is -0.234. The summed E-state index contributed by atoms with van der Waals surface area (Å²) in [7, 11) is 1.99. The summed E-state index contributed by atoms with van der Waals surface area (Å²) in [5, 5.41) is 8.75. The van der Waals surface area contributed by atoms with Gasteiger partial charge in [0.2, 0.25) is 0 Å². The van der Waals surface area contributed by atoms with E-state index < -0.39 is 0 Å². The van der Waals surface area contributed by atoms with Crippen molar-refractivity contribution < 1.29 is 5.11 Å². The van der Waals surface area contributed by atoms with E-state index in [0.717, 1.165) is 6.54 Å². The summed E-state index contributed by atoms with van der Waals surface area (Å²) in [4.78, 5) is 5.08. The molecule has 1 heterocycles. The molecule has 0 aliphatic heterocycles. The predicted molar refractivity (Wildman–Crippen MR) is 52.2 cm³/mol. The summed E-state index contributed by atoms with van der Waals surface area (Å²) >= 11 is 0. The second kappa shape index (κ2) is 5.01. The standard InChI is InChI=1S/C9H17N3O/c1-12(6-9(10)7-13)5-8-2-3-11-4-8/h2-4,9,11,13H,5-7,10H2,1H3. The molecule has 0 fully saturated rings. The molecule has 0 spiro atoms. The van der Waals surface area contributed by atoms with Crippen LogP contribution in [0.5, 0.6) is 0 Å². The molecule has 0 radical (unpaired) electrons. The van der Waals surface area contributed by atoms with Crippen LogP contribution in [0.25, 0.3) is 0 Å². The van der Waals surface area contributed by atoms with Crippen LogP contribution in [0.15, 0.2) is 18.5 Å². The minimum absolute atomic E-state index is 0.0392. The van der Waals surface area contributed by atoms with E-state index in [1.807, 2.05) is 25.5 Å². The molecule has 0 saturated carbocycles. The van der Waals surface area contributed by atoms with Crippen LogP contribution in [-0.2, 0) is 6.54 Å². The van der Waals surface area contributed by atoms with E-state index in [2.05, 4.69) is 9.88 Å². The fourth-order valence-electron chi connectivity index (χ4n) is 1.29. The van der Waals surface area contributed by atoms with Gasteiger partial charge in [-0.05, 0) is 18.7 Å². The van der Waals surface area contributed by atoms with Gasteiger partial charge in [-0.3, -0.25) is 0 Å². The Bertz CT molecular complexity index is 223. The van der Waals surface area contributed by atoms with E-state index in [4.69, 9.17) is 10.8 Å². The average Bonchev–Trinajstić information content (AvgIpc) is 2.56. The van der Waals surface area contributed by atoms with Crippen molar-refractivity contribution in [2.75, 3.05) is 20.2 Å². The second-order valence-corrected chi connectivity index (χ2v) is 3.36. The van der Waals surface area contributed by atoms with Crippen LogP contribution in [0, 0.1) is 0 Å². The van der Waals surface area contributed by atoms with Crippen molar-refractivity contribution in [1.82, 2.24) is 9.88 Å². The zero-order valence-corrected chi connectivity index (χ0v) is 7.90. The molecule has 1 aromatic rings. The number of rotatable bonds is 5. The fourth-order valence-corrected chi connectivity index (χ4v) is 1.29. The van der Waals surface area contributed by atoms with Gasteiger partial charge in [-0.25, -0.2) is 0 Å². The van der Waals surface area contributed by atoms with Gasteiger partial charge in [-0.2, -0.15) is 0 Å². The summed E-state index contributed by atoms with van der Waals surface area (Å²) in [6.07, 6.45) is 3.86. The number of hydrogen-bond donors (Lipinski definition) is 3. The Hall–Kier alpha value is -0.840. The number of hydrogen-bond acceptors (Lipinski definition) is 3. The molecule has 1 aromatic heterocycles. The van der Waals surface area contributed by atoms with Crippen LogP contribution in [-0.4, -0.2) is 41.2 Å². The van der Waals surface area contributed by atoms with Crippen LogP contribution in [0.1, 0.15) is 5.56 Å². The first-order valence-electron chi connectivity index (χ1n) is 4.39. The third-order valence-electron chi connectivity index (χ3n) is 1.90. The van der Waals surface area contributed by atoms with Crippen molar-refractivity contribution in [3.8, 4) is 0 Å². The number of nitrogens with one attached hydrogen (secondary N) is 1. The van der Waals surface area contributed by atoms with Crippen molar-refractivity contribution in [3.05, 3.63) is 24.0 Å². The maximum Gasteiger partial charge on any atom is 0.0595 e. The summed E-state index contributed by atoms with van der Waals surface area (Å²) < 4.78 is 0. The summed E-state index contributed by atoms with van der Waals surface area (Å²) in [6, 6.07) is 1.88. The van der Waals surface area contributed by atoms with E-state index in [1.165, 1.54) is 5.56 Å². The SMILES string of the molecule is CN(Cc1cc[nH]c1)CC(N)CO. The van der Waals surface area contributed by atoms with Crippen LogP contribution < -0.4 is 5.73 Å². The highest BCUT2D eigenvalue weighted by molar-refractivity contribution is 5.07. The molecule has 4 nitrogen and oxygen atoms in total. The van der Waals surface area contributed by atoms with Gasteiger partial charge < -0.3 is 20.7 Å². The van der Waals surface area contributed by atoms with E-state index in [1.54, 1.807) is 0 Å². The quantitative estimate of drug-likeness (QED) is 0.590. The largest absolute Gasteiger partial charge is 0.395 e. The summed E-state index contributed by atoms with van der Waals surface area (Å²) in [6.45, 7) is 1.61. The molecule has 13 heavy (non-hydrogen) atoms. The number of H-pyrrole nitrogens is 1. The van der Waals surface area contributed by atoms with E-state index in [0.29, 0.717) is 6.54 Å². The molecule has 0 amide bonds. The highest BCUT2D eigenvalue weighted by Gasteiger charge is 2.05. The van der Waals surface area contributed by atoms with Gasteiger partial charge in [-0.15, -0.1) is 0 Å². The lowest BCUT2D eigenvalue weighted by Gasteiger charge is -2.19. The van der Waals surface area contributed by atoms with Crippen molar-refractivity contribution >= 4 is 0 Å². The Labute approximate surface area is 78.4 Å². The van der Waals surface area contributed by atoms with Crippen molar-refractivity contribution in [3.63, 3.8) is 0 Å². The first-order valence-corrected chi connectivity index (χ1v) is 4.39.